The van der Waals surface area contributed by atoms with E-state index in [9.17, 15) is 14.9 Å². The average Bonchev–Trinajstić information content (AvgIpc) is 2.28. The third kappa shape index (κ3) is 3.40. The second-order valence-corrected chi connectivity index (χ2v) is 3.91. The van der Waals surface area contributed by atoms with Crippen LogP contribution in [0.4, 0.5) is 5.69 Å². The summed E-state index contributed by atoms with van der Waals surface area (Å²) in [4.78, 5) is 21.8. The SMILES string of the molecule is C[C@H](CO)NC(=O)c1cc(Cl)ccc1[N+](=O)[O-]. The highest BCUT2D eigenvalue weighted by molar-refractivity contribution is 6.31. The number of nitro benzene ring substituents is 1. The van der Waals surface area contributed by atoms with E-state index in [1.54, 1.807) is 6.92 Å². The van der Waals surface area contributed by atoms with Crippen molar-refractivity contribution < 1.29 is 14.8 Å². The molecule has 0 radical (unpaired) electrons. The Hall–Kier alpha value is -1.66. The molecule has 0 spiro atoms. The molecule has 0 fully saturated rings. The Morgan fingerprint density at radius 2 is 2.29 bits per heavy atom. The van der Waals surface area contributed by atoms with Gasteiger partial charge < -0.3 is 10.4 Å². The first-order chi connectivity index (χ1) is 7.95. The minimum absolute atomic E-state index is 0.122. The van der Waals surface area contributed by atoms with Gasteiger partial charge in [-0.05, 0) is 19.1 Å². The van der Waals surface area contributed by atoms with Gasteiger partial charge in [0.1, 0.15) is 5.56 Å². The van der Waals surface area contributed by atoms with Gasteiger partial charge in [-0.15, -0.1) is 0 Å². The summed E-state index contributed by atoms with van der Waals surface area (Å²) >= 11 is 5.68. The van der Waals surface area contributed by atoms with Crippen molar-refractivity contribution in [1.82, 2.24) is 5.32 Å². The van der Waals surface area contributed by atoms with Crippen molar-refractivity contribution in [3.63, 3.8) is 0 Å². The van der Waals surface area contributed by atoms with Crippen LogP contribution in [0.25, 0.3) is 0 Å². The number of nitrogens with one attached hydrogen (secondary N) is 1. The molecule has 17 heavy (non-hydrogen) atoms. The number of carbonyl (C=O) groups excluding carboxylic acids is 1. The van der Waals surface area contributed by atoms with Crippen molar-refractivity contribution in [3.8, 4) is 0 Å². The van der Waals surface area contributed by atoms with Gasteiger partial charge in [0.2, 0.25) is 0 Å². The van der Waals surface area contributed by atoms with Crippen LogP contribution in [0.1, 0.15) is 17.3 Å². The molecule has 1 aromatic carbocycles. The first kappa shape index (κ1) is 13.4. The molecule has 7 heteroatoms. The van der Waals surface area contributed by atoms with Crippen LogP contribution in [-0.2, 0) is 0 Å². The zero-order valence-corrected chi connectivity index (χ0v) is 9.77. The Labute approximate surface area is 102 Å². The molecule has 1 amide bonds. The van der Waals surface area contributed by atoms with Crippen LogP contribution in [0, 0.1) is 10.1 Å². The summed E-state index contributed by atoms with van der Waals surface area (Å²) in [6.07, 6.45) is 0. The van der Waals surface area contributed by atoms with Crippen molar-refractivity contribution in [2.75, 3.05) is 6.61 Å². The van der Waals surface area contributed by atoms with E-state index in [1.165, 1.54) is 18.2 Å². The topological polar surface area (TPSA) is 92.5 Å². The lowest BCUT2D eigenvalue weighted by molar-refractivity contribution is -0.385. The molecule has 0 aliphatic heterocycles. The lowest BCUT2D eigenvalue weighted by Crippen LogP contribution is -2.35. The zero-order valence-electron chi connectivity index (χ0n) is 9.01. The number of nitrogens with zero attached hydrogens (tertiary/aromatic N) is 1. The number of aliphatic hydroxyl groups is 1. The molecule has 0 unspecified atom stereocenters. The van der Waals surface area contributed by atoms with Gasteiger partial charge in [0.05, 0.1) is 11.5 Å². The van der Waals surface area contributed by atoms with Gasteiger partial charge in [-0.2, -0.15) is 0 Å². The molecule has 0 heterocycles. The van der Waals surface area contributed by atoms with E-state index in [2.05, 4.69) is 5.32 Å². The van der Waals surface area contributed by atoms with Gasteiger partial charge in [-0.1, -0.05) is 11.6 Å². The quantitative estimate of drug-likeness (QED) is 0.630. The van der Waals surface area contributed by atoms with Gasteiger partial charge in [-0.3, -0.25) is 14.9 Å². The second-order valence-electron chi connectivity index (χ2n) is 3.48. The predicted molar refractivity (Wildman–Crippen MR) is 62.1 cm³/mol. The van der Waals surface area contributed by atoms with Crippen LogP contribution in [0.2, 0.25) is 5.02 Å². The largest absolute Gasteiger partial charge is 0.394 e. The number of halogens is 1. The Balaban J connectivity index is 3.06. The fourth-order valence-corrected chi connectivity index (χ4v) is 1.37. The van der Waals surface area contributed by atoms with E-state index in [0.29, 0.717) is 0 Å². The van der Waals surface area contributed by atoms with Crippen LogP contribution >= 0.6 is 11.6 Å². The maximum atomic E-state index is 11.7. The molecule has 0 aromatic heterocycles. The number of aliphatic hydroxyl groups excluding tert-OH is 1. The first-order valence-corrected chi connectivity index (χ1v) is 5.19. The minimum Gasteiger partial charge on any atom is -0.394 e. The van der Waals surface area contributed by atoms with Gasteiger partial charge in [0, 0.05) is 17.1 Å². The molecule has 6 nitrogen and oxygen atoms in total. The molecule has 92 valence electrons. The third-order valence-electron chi connectivity index (χ3n) is 2.05. The molecule has 1 aromatic rings. The Morgan fingerprint density at radius 3 is 2.82 bits per heavy atom. The summed E-state index contributed by atoms with van der Waals surface area (Å²) in [5.41, 5.74) is -0.445. The van der Waals surface area contributed by atoms with Crippen molar-refractivity contribution in [2.24, 2.45) is 0 Å². The number of nitro groups is 1. The second kappa shape index (κ2) is 5.60. The highest BCUT2D eigenvalue weighted by Crippen LogP contribution is 2.22. The normalized spacial score (nSPS) is 11.9. The molecule has 0 aliphatic carbocycles. The van der Waals surface area contributed by atoms with Crippen molar-refractivity contribution in [2.45, 2.75) is 13.0 Å². The van der Waals surface area contributed by atoms with E-state index in [-0.39, 0.29) is 22.9 Å². The fourth-order valence-electron chi connectivity index (χ4n) is 1.20. The Bertz CT molecular complexity index is 450. The molecule has 0 bridgehead atoms. The van der Waals surface area contributed by atoms with Crippen LogP contribution in [-0.4, -0.2) is 28.6 Å². The van der Waals surface area contributed by atoms with E-state index >= 15 is 0 Å². The number of rotatable bonds is 4. The standard InChI is InChI=1S/C10H11ClN2O4/c1-6(5-14)12-10(15)8-4-7(11)2-3-9(8)13(16)17/h2-4,6,14H,5H2,1H3,(H,12,15)/t6-/m1/s1. The van der Waals surface area contributed by atoms with Gasteiger partial charge in [0.15, 0.2) is 0 Å². The number of benzene rings is 1. The molecule has 0 aliphatic rings. The van der Waals surface area contributed by atoms with Crippen LogP contribution < -0.4 is 5.32 Å². The van der Waals surface area contributed by atoms with E-state index < -0.39 is 16.9 Å². The molecule has 0 saturated carbocycles. The minimum atomic E-state index is -0.658. The van der Waals surface area contributed by atoms with Gasteiger partial charge >= 0.3 is 0 Å². The van der Waals surface area contributed by atoms with Gasteiger partial charge in [0.25, 0.3) is 11.6 Å². The maximum absolute atomic E-state index is 11.7. The van der Waals surface area contributed by atoms with Crippen LogP contribution in [0.15, 0.2) is 18.2 Å². The fraction of sp³-hybridized carbons (Fsp3) is 0.300. The van der Waals surface area contributed by atoms with E-state index in [1.807, 2.05) is 0 Å². The molecule has 1 rings (SSSR count). The molecular formula is C10H11ClN2O4. The predicted octanol–water partition coefficient (Wildman–Crippen LogP) is 1.36. The van der Waals surface area contributed by atoms with Crippen molar-refractivity contribution in [1.29, 1.82) is 0 Å². The van der Waals surface area contributed by atoms with E-state index in [4.69, 9.17) is 16.7 Å². The van der Waals surface area contributed by atoms with E-state index in [0.717, 1.165) is 0 Å². The lowest BCUT2D eigenvalue weighted by atomic mass is 10.1. The highest BCUT2D eigenvalue weighted by Gasteiger charge is 2.21. The molecule has 1 atom stereocenters. The summed E-state index contributed by atoms with van der Waals surface area (Å²) in [7, 11) is 0. The van der Waals surface area contributed by atoms with Crippen molar-refractivity contribution in [3.05, 3.63) is 38.9 Å². The number of hydrogen-bond donors (Lipinski definition) is 2. The summed E-state index contributed by atoms with van der Waals surface area (Å²) in [5.74, 6) is -0.638. The highest BCUT2D eigenvalue weighted by atomic mass is 35.5. The Morgan fingerprint density at radius 1 is 1.65 bits per heavy atom. The Kier molecular flexibility index (Phi) is 4.42. The number of hydrogen-bond acceptors (Lipinski definition) is 4. The van der Waals surface area contributed by atoms with Crippen molar-refractivity contribution >= 4 is 23.2 Å². The summed E-state index contributed by atoms with van der Waals surface area (Å²) in [5, 5.41) is 22.2. The first-order valence-electron chi connectivity index (χ1n) is 4.81. The van der Waals surface area contributed by atoms with Gasteiger partial charge in [-0.25, -0.2) is 0 Å². The summed E-state index contributed by atoms with van der Waals surface area (Å²) < 4.78 is 0. The monoisotopic (exact) mass is 258 g/mol. The van der Waals surface area contributed by atoms with Crippen LogP contribution in [0.5, 0.6) is 0 Å². The molecule has 0 saturated heterocycles. The average molecular weight is 259 g/mol. The lowest BCUT2D eigenvalue weighted by Gasteiger charge is -2.10. The molecule has 2 N–H and O–H groups in total. The maximum Gasteiger partial charge on any atom is 0.282 e. The summed E-state index contributed by atoms with van der Waals surface area (Å²) in [6.45, 7) is 1.33. The number of carbonyl (C=O) groups is 1. The van der Waals surface area contributed by atoms with Crippen LogP contribution in [0.3, 0.4) is 0 Å². The smallest absolute Gasteiger partial charge is 0.282 e. The number of amides is 1. The molecular weight excluding hydrogens is 248 g/mol. The summed E-state index contributed by atoms with van der Waals surface area (Å²) in [6, 6.07) is 3.24. The third-order valence-corrected chi connectivity index (χ3v) is 2.29. The zero-order chi connectivity index (χ0) is 13.0.